The van der Waals surface area contributed by atoms with Crippen molar-refractivity contribution in [3.8, 4) is 0 Å². The number of aryl methyl sites for hydroxylation is 2. The van der Waals surface area contributed by atoms with Crippen molar-refractivity contribution >= 4 is 38.4 Å². The first-order chi connectivity index (χ1) is 11.7. The number of thiophene rings is 1. The first kappa shape index (κ1) is 15.1. The third kappa shape index (κ3) is 2.26. The van der Waals surface area contributed by atoms with Gasteiger partial charge in [0.25, 0.3) is 5.91 Å². The van der Waals surface area contributed by atoms with Crippen molar-refractivity contribution in [2.24, 2.45) is 0 Å². The number of fused-ring (bicyclic) bond motifs is 2. The number of carbonyl (C=O) groups excluding carboxylic acids is 1. The van der Waals surface area contributed by atoms with Crippen LogP contribution in [-0.4, -0.2) is 15.5 Å². The van der Waals surface area contributed by atoms with Crippen molar-refractivity contribution in [1.29, 1.82) is 0 Å². The molecule has 0 aliphatic heterocycles. The maximum absolute atomic E-state index is 13.3. The van der Waals surface area contributed by atoms with Gasteiger partial charge in [-0.05, 0) is 42.5 Å². The summed E-state index contributed by atoms with van der Waals surface area (Å²) < 4.78 is 2.92. The van der Waals surface area contributed by atoms with E-state index in [1.807, 2.05) is 43.3 Å². The van der Waals surface area contributed by atoms with Gasteiger partial charge in [0.05, 0.1) is 15.9 Å². The molecule has 0 saturated heterocycles. The molecule has 0 unspecified atom stereocenters. The predicted molar refractivity (Wildman–Crippen MR) is 100 cm³/mol. The summed E-state index contributed by atoms with van der Waals surface area (Å²) in [6.07, 6.45) is 1.93. The molecule has 0 aliphatic carbocycles. The molecule has 0 N–H and O–H groups in total. The van der Waals surface area contributed by atoms with Gasteiger partial charge in [-0.1, -0.05) is 43.7 Å². The van der Waals surface area contributed by atoms with E-state index in [1.54, 1.807) is 15.9 Å². The third-order valence-corrected chi connectivity index (χ3v) is 5.53. The van der Waals surface area contributed by atoms with Gasteiger partial charge in [-0.25, -0.2) is 4.98 Å². The monoisotopic (exact) mass is 334 g/mol. The lowest BCUT2D eigenvalue weighted by Crippen LogP contribution is -2.13. The van der Waals surface area contributed by atoms with Crippen LogP contribution in [0.5, 0.6) is 0 Å². The molecule has 0 bridgehead atoms. The van der Waals surface area contributed by atoms with Crippen LogP contribution in [0.3, 0.4) is 0 Å². The Morgan fingerprint density at radius 2 is 1.88 bits per heavy atom. The molecular weight excluding hydrogens is 316 g/mol. The first-order valence-electron chi connectivity index (χ1n) is 8.20. The van der Waals surface area contributed by atoms with Crippen LogP contribution >= 0.6 is 11.3 Å². The Bertz CT molecular complexity index is 1060. The lowest BCUT2D eigenvalue weighted by atomic mass is 10.1. The molecule has 0 spiro atoms. The SMILES string of the molecule is CCCc1c(C(=O)n2c(C)nc3ccccc32)sc2ccccc12. The fourth-order valence-electron chi connectivity index (χ4n) is 3.27. The van der Waals surface area contributed by atoms with E-state index in [1.165, 1.54) is 15.6 Å². The summed E-state index contributed by atoms with van der Waals surface area (Å²) in [7, 11) is 0. The third-order valence-electron chi connectivity index (χ3n) is 4.32. The number of hydrogen-bond donors (Lipinski definition) is 0. The average molecular weight is 334 g/mol. The van der Waals surface area contributed by atoms with Gasteiger partial charge in [-0.3, -0.25) is 9.36 Å². The molecule has 2 aromatic heterocycles. The molecule has 0 aliphatic rings. The number of rotatable bonds is 3. The zero-order valence-electron chi connectivity index (χ0n) is 13.7. The van der Waals surface area contributed by atoms with Gasteiger partial charge in [-0.15, -0.1) is 11.3 Å². The summed E-state index contributed by atoms with van der Waals surface area (Å²) >= 11 is 1.59. The minimum Gasteiger partial charge on any atom is -0.267 e. The maximum Gasteiger partial charge on any atom is 0.274 e. The lowest BCUT2D eigenvalue weighted by Gasteiger charge is -2.06. The maximum atomic E-state index is 13.3. The minimum atomic E-state index is 0.0332. The molecule has 120 valence electrons. The molecule has 4 heteroatoms. The van der Waals surface area contributed by atoms with E-state index >= 15 is 0 Å². The second kappa shape index (κ2) is 5.87. The summed E-state index contributed by atoms with van der Waals surface area (Å²) in [4.78, 5) is 18.7. The molecule has 0 radical (unpaired) electrons. The predicted octanol–water partition coefficient (Wildman–Crippen LogP) is 5.20. The Labute approximate surface area is 144 Å². The van der Waals surface area contributed by atoms with Crippen molar-refractivity contribution in [3.63, 3.8) is 0 Å². The van der Waals surface area contributed by atoms with E-state index in [9.17, 15) is 4.79 Å². The van der Waals surface area contributed by atoms with Gasteiger partial charge in [-0.2, -0.15) is 0 Å². The Morgan fingerprint density at radius 3 is 2.71 bits per heavy atom. The number of benzene rings is 2. The van der Waals surface area contributed by atoms with Crippen LogP contribution in [0.1, 0.15) is 34.4 Å². The summed E-state index contributed by atoms with van der Waals surface area (Å²) in [5.41, 5.74) is 2.90. The van der Waals surface area contributed by atoms with Crippen molar-refractivity contribution < 1.29 is 4.79 Å². The molecule has 0 saturated carbocycles. The zero-order valence-corrected chi connectivity index (χ0v) is 14.6. The lowest BCUT2D eigenvalue weighted by molar-refractivity contribution is 0.0965. The molecule has 4 rings (SSSR count). The summed E-state index contributed by atoms with van der Waals surface area (Å²) in [5, 5.41) is 1.20. The Kier molecular flexibility index (Phi) is 3.69. The van der Waals surface area contributed by atoms with Crippen LogP contribution in [0.2, 0.25) is 0 Å². The van der Waals surface area contributed by atoms with Gasteiger partial charge in [0.2, 0.25) is 0 Å². The number of nitrogens with zero attached hydrogens (tertiary/aromatic N) is 2. The fraction of sp³-hybridized carbons (Fsp3) is 0.200. The van der Waals surface area contributed by atoms with Crippen LogP contribution < -0.4 is 0 Å². The van der Waals surface area contributed by atoms with E-state index in [0.29, 0.717) is 0 Å². The van der Waals surface area contributed by atoms with Gasteiger partial charge >= 0.3 is 0 Å². The molecule has 3 nitrogen and oxygen atoms in total. The topological polar surface area (TPSA) is 34.9 Å². The van der Waals surface area contributed by atoms with Gasteiger partial charge in [0, 0.05) is 4.70 Å². The number of para-hydroxylation sites is 2. The molecule has 2 aromatic carbocycles. The number of hydrogen-bond acceptors (Lipinski definition) is 3. The van der Waals surface area contributed by atoms with Crippen LogP contribution in [0.15, 0.2) is 48.5 Å². The van der Waals surface area contributed by atoms with Crippen molar-refractivity contribution in [3.05, 3.63) is 64.8 Å². The second-order valence-corrected chi connectivity index (χ2v) is 7.00. The Morgan fingerprint density at radius 1 is 1.12 bits per heavy atom. The van der Waals surface area contributed by atoms with E-state index in [4.69, 9.17) is 0 Å². The first-order valence-corrected chi connectivity index (χ1v) is 9.01. The van der Waals surface area contributed by atoms with E-state index in [2.05, 4.69) is 24.0 Å². The molecule has 2 heterocycles. The molecule has 0 atom stereocenters. The molecule has 0 fully saturated rings. The van der Waals surface area contributed by atoms with E-state index in [-0.39, 0.29) is 5.91 Å². The largest absolute Gasteiger partial charge is 0.274 e. The van der Waals surface area contributed by atoms with Gasteiger partial charge in [0.1, 0.15) is 5.82 Å². The summed E-state index contributed by atoms with van der Waals surface area (Å²) in [6, 6.07) is 16.1. The highest BCUT2D eigenvalue weighted by atomic mass is 32.1. The van der Waals surface area contributed by atoms with Crippen LogP contribution in [0, 0.1) is 6.92 Å². The number of aromatic nitrogens is 2. The normalized spacial score (nSPS) is 11.4. The quantitative estimate of drug-likeness (QED) is 0.516. The van der Waals surface area contributed by atoms with Gasteiger partial charge < -0.3 is 0 Å². The smallest absolute Gasteiger partial charge is 0.267 e. The molecule has 24 heavy (non-hydrogen) atoms. The zero-order chi connectivity index (χ0) is 16.7. The highest BCUT2D eigenvalue weighted by molar-refractivity contribution is 7.21. The summed E-state index contributed by atoms with van der Waals surface area (Å²) in [5.74, 6) is 0.770. The van der Waals surface area contributed by atoms with Crippen LogP contribution in [-0.2, 0) is 6.42 Å². The highest BCUT2D eigenvalue weighted by Gasteiger charge is 2.22. The number of imidazole rings is 1. The average Bonchev–Trinajstić information content (AvgIpc) is 3.12. The number of carbonyl (C=O) groups is 1. The fourth-order valence-corrected chi connectivity index (χ4v) is 4.46. The second-order valence-electron chi connectivity index (χ2n) is 5.94. The van der Waals surface area contributed by atoms with E-state index < -0.39 is 0 Å². The Hall–Kier alpha value is -2.46. The molecule has 0 amide bonds. The minimum absolute atomic E-state index is 0.0332. The van der Waals surface area contributed by atoms with Crippen LogP contribution in [0.4, 0.5) is 0 Å². The van der Waals surface area contributed by atoms with E-state index in [0.717, 1.165) is 34.6 Å². The Balaban J connectivity index is 1.95. The van der Waals surface area contributed by atoms with Crippen molar-refractivity contribution in [1.82, 2.24) is 9.55 Å². The van der Waals surface area contributed by atoms with Crippen molar-refractivity contribution in [2.75, 3.05) is 0 Å². The standard InChI is InChI=1S/C20H18N2OS/c1-3-8-15-14-9-4-7-12-18(14)24-19(15)20(23)22-13(2)21-16-10-5-6-11-17(16)22/h4-7,9-12H,3,8H2,1-2H3. The molecular formula is C20H18N2OS. The van der Waals surface area contributed by atoms with Gasteiger partial charge in [0.15, 0.2) is 0 Å². The van der Waals surface area contributed by atoms with Crippen LogP contribution in [0.25, 0.3) is 21.1 Å². The van der Waals surface area contributed by atoms with Crippen molar-refractivity contribution in [2.45, 2.75) is 26.7 Å². The molecule has 4 aromatic rings. The summed E-state index contributed by atoms with van der Waals surface area (Å²) in [6.45, 7) is 4.04. The highest BCUT2D eigenvalue weighted by Crippen LogP contribution is 2.33.